The lowest BCUT2D eigenvalue weighted by molar-refractivity contribution is -0.118. The number of rotatable bonds is 7. The van der Waals surface area contributed by atoms with Gasteiger partial charge in [-0.2, -0.15) is 0 Å². The third-order valence-corrected chi connectivity index (χ3v) is 4.85. The summed E-state index contributed by atoms with van der Waals surface area (Å²) in [4.78, 5) is 15.3. The lowest BCUT2D eigenvalue weighted by Crippen LogP contribution is -2.35. The maximum absolute atomic E-state index is 12.1. The first kappa shape index (κ1) is 17.6. The van der Waals surface area contributed by atoms with Crippen molar-refractivity contribution in [1.29, 1.82) is 0 Å². The zero-order valence-electron chi connectivity index (χ0n) is 14.1. The Labute approximate surface area is 142 Å². The van der Waals surface area contributed by atoms with Gasteiger partial charge >= 0.3 is 0 Å². The van der Waals surface area contributed by atoms with Crippen molar-refractivity contribution in [2.75, 3.05) is 26.4 Å². The third kappa shape index (κ3) is 5.15. The molecule has 1 aromatic carbocycles. The Kier molecular flexibility index (Phi) is 6.30. The number of hydrogen-bond acceptors (Lipinski definition) is 4. The fourth-order valence-electron chi connectivity index (χ4n) is 2.29. The van der Waals surface area contributed by atoms with Crippen molar-refractivity contribution in [2.24, 2.45) is 0 Å². The minimum Gasteiger partial charge on any atom is -0.468 e. The summed E-state index contributed by atoms with van der Waals surface area (Å²) < 4.78 is 5.45. The molecular formula is C18H24N2O2S. The van der Waals surface area contributed by atoms with Gasteiger partial charge in [0.25, 0.3) is 0 Å². The van der Waals surface area contributed by atoms with Crippen molar-refractivity contribution in [3.8, 4) is 0 Å². The SMILES string of the molecule is Cc1ccc(C)c(SCC(=O)NCC(c2ccco2)N(C)C)c1. The normalized spacial score (nSPS) is 12.4. The second-order valence-corrected chi connectivity index (χ2v) is 6.87. The van der Waals surface area contributed by atoms with E-state index < -0.39 is 0 Å². The maximum atomic E-state index is 12.1. The van der Waals surface area contributed by atoms with Gasteiger partial charge in [0.15, 0.2) is 0 Å². The van der Waals surface area contributed by atoms with E-state index in [1.165, 1.54) is 11.1 Å². The van der Waals surface area contributed by atoms with Crippen LogP contribution in [0.1, 0.15) is 22.9 Å². The first-order valence-electron chi connectivity index (χ1n) is 7.64. The Balaban J connectivity index is 1.86. The van der Waals surface area contributed by atoms with Crippen LogP contribution >= 0.6 is 11.8 Å². The number of carbonyl (C=O) groups is 1. The molecule has 1 aromatic heterocycles. The van der Waals surface area contributed by atoms with Gasteiger partial charge in [-0.25, -0.2) is 0 Å². The number of likely N-dealkylation sites (N-methyl/N-ethyl adjacent to an activating group) is 1. The standard InChI is InChI=1S/C18H24N2O2S/c1-13-7-8-14(2)17(10-13)23-12-18(21)19-11-15(20(3)4)16-6-5-9-22-16/h5-10,15H,11-12H2,1-4H3,(H,19,21). The van der Waals surface area contributed by atoms with E-state index in [0.717, 1.165) is 10.7 Å². The highest BCUT2D eigenvalue weighted by molar-refractivity contribution is 8.00. The van der Waals surface area contributed by atoms with Crippen LogP contribution in [0, 0.1) is 13.8 Å². The quantitative estimate of drug-likeness (QED) is 0.789. The summed E-state index contributed by atoms with van der Waals surface area (Å²) in [6, 6.07) is 10.1. The number of nitrogens with zero attached hydrogens (tertiary/aromatic N) is 1. The molecule has 1 N–H and O–H groups in total. The van der Waals surface area contributed by atoms with Crippen molar-refractivity contribution < 1.29 is 9.21 Å². The Morgan fingerprint density at radius 3 is 2.74 bits per heavy atom. The van der Waals surface area contributed by atoms with Gasteiger partial charge in [-0.3, -0.25) is 9.69 Å². The van der Waals surface area contributed by atoms with Crippen molar-refractivity contribution in [1.82, 2.24) is 10.2 Å². The number of nitrogens with one attached hydrogen (secondary N) is 1. The van der Waals surface area contributed by atoms with Gasteiger partial charge in [0.1, 0.15) is 5.76 Å². The highest BCUT2D eigenvalue weighted by atomic mass is 32.2. The molecule has 0 saturated heterocycles. The summed E-state index contributed by atoms with van der Waals surface area (Å²) in [5, 5.41) is 3.00. The van der Waals surface area contributed by atoms with Gasteiger partial charge in [-0.15, -0.1) is 11.8 Å². The van der Waals surface area contributed by atoms with E-state index in [-0.39, 0.29) is 11.9 Å². The van der Waals surface area contributed by atoms with Crippen LogP contribution in [0.25, 0.3) is 0 Å². The molecular weight excluding hydrogens is 308 g/mol. The van der Waals surface area contributed by atoms with Crippen LogP contribution in [0.3, 0.4) is 0 Å². The molecule has 0 aliphatic rings. The molecule has 0 aliphatic carbocycles. The van der Waals surface area contributed by atoms with Gasteiger partial charge < -0.3 is 9.73 Å². The molecule has 4 nitrogen and oxygen atoms in total. The van der Waals surface area contributed by atoms with E-state index >= 15 is 0 Å². The largest absolute Gasteiger partial charge is 0.468 e. The average Bonchev–Trinajstić information content (AvgIpc) is 3.02. The Morgan fingerprint density at radius 1 is 1.30 bits per heavy atom. The van der Waals surface area contributed by atoms with Crippen LogP contribution in [-0.4, -0.2) is 37.2 Å². The summed E-state index contributed by atoms with van der Waals surface area (Å²) >= 11 is 1.58. The molecule has 1 atom stereocenters. The first-order chi connectivity index (χ1) is 11.0. The number of carbonyl (C=O) groups excluding carboxylic acids is 1. The molecule has 2 rings (SSSR count). The number of amides is 1. The average molecular weight is 332 g/mol. The predicted octanol–water partition coefficient (Wildman–Crippen LogP) is 3.41. The summed E-state index contributed by atoms with van der Waals surface area (Å²) in [5.74, 6) is 1.31. The number of thioether (sulfide) groups is 1. The number of hydrogen-bond donors (Lipinski definition) is 1. The van der Waals surface area contributed by atoms with E-state index in [2.05, 4.69) is 37.4 Å². The van der Waals surface area contributed by atoms with Gasteiger partial charge in [0.05, 0.1) is 18.1 Å². The fourth-order valence-corrected chi connectivity index (χ4v) is 3.24. The van der Waals surface area contributed by atoms with E-state index in [9.17, 15) is 4.79 Å². The molecule has 0 bridgehead atoms. The van der Waals surface area contributed by atoms with E-state index in [0.29, 0.717) is 12.3 Å². The number of aryl methyl sites for hydroxylation is 2. The van der Waals surface area contributed by atoms with Crippen LogP contribution < -0.4 is 5.32 Å². The summed E-state index contributed by atoms with van der Waals surface area (Å²) in [5.41, 5.74) is 2.42. The smallest absolute Gasteiger partial charge is 0.230 e. The zero-order valence-corrected chi connectivity index (χ0v) is 14.9. The molecule has 0 fully saturated rings. The second kappa shape index (κ2) is 8.22. The van der Waals surface area contributed by atoms with Crippen molar-refractivity contribution in [3.05, 3.63) is 53.5 Å². The molecule has 23 heavy (non-hydrogen) atoms. The topological polar surface area (TPSA) is 45.5 Å². The van der Waals surface area contributed by atoms with Crippen LogP contribution in [0.2, 0.25) is 0 Å². The van der Waals surface area contributed by atoms with E-state index in [4.69, 9.17) is 4.42 Å². The molecule has 124 valence electrons. The van der Waals surface area contributed by atoms with Crippen LogP contribution in [0.4, 0.5) is 0 Å². The Bertz CT molecular complexity index is 638. The molecule has 1 unspecified atom stereocenters. The molecule has 1 heterocycles. The van der Waals surface area contributed by atoms with Crippen LogP contribution in [0.5, 0.6) is 0 Å². The van der Waals surface area contributed by atoms with Crippen molar-refractivity contribution in [2.45, 2.75) is 24.8 Å². The summed E-state index contributed by atoms with van der Waals surface area (Å²) in [7, 11) is 3.95. The van der Waals surface area contributed by atoms with Gasteiger partial charge in [0, 0.05) is 11.4 Å². The molecule has 0 saturated carbocycles. The first-order valence-corrected chi connectivity index (χ1v) is 8.62. The highest BCUT2D eigenvalue weighted by Crippen LogP contribution is 2.23. The third-order valence-electron chi connectivity index (χ3n) is 3.69. The highest BCUT2D eigenvalue weighted by Gasteiger charge is 2.17. The van der Waals surface area contributed by atoms with E-state index in [1.807, 2.05) is 31.1 Å². The molecule has 2 aromatic rings. The van der Waals surface area contributed by atoms with Crippen LogP contribution in [0.15, 0.2) is 45.9 Å². The lowest BCUT2D eigenvalue weighted by Gasteiger charge is -2.22. The van der Waals surface area contributed by atoms with Gasteiger partial charge in [0.2, 0.25) is 5.91 Å². The summed E-state index contributed by atoms with van der Waals surface area (Å²) in [6.07, 6.45) is 1.66. The Morgan fingerprint density at radius 2 is 2.09 bits per heavy atom. The minimum absolute atomic E-state index is 0.0364. The molecule has 0 spiro atoms. The van der Waals surface area contributed by atoms with Gasteiger partial charge in [-0.1, -0.05) is 17.7 Å². The predicted molar refractivity (Wildman–Crippen MR) is 94.8 cm³/mol. The number of furan rings is 1. The maximum Gasteiger partial charge on any atom is 0.230 e. The monoisotopic (exact) mass is 332 g/mol. The van der Waals surface area contributed by atoms with Crippen molar-refractivity contribution >= 4 is 17.7 Å². The Hall–Kier alpha value is -1.72. The molecule has 1 amide bonds. The minimum atomic E-state index is 0.0364. The molecule has 0 aliphatic heterocycles. The second-order valence-electron chi connectivity index (χ2n) is 5.86. The lowest BCUT2D eigenvalue weighted by atomic mass is 10.2. The molecule has 0 radical (unpaired) electrons. The van der Waals surface area contributed by atoms with Crippen molar-refractivity contribution in [3.63, 3.8) is 0 Å². The summed E-state index contributed by atoms with van der Waals surface area (Å²) in [6.45, 7) is 4.67. The fraction of sp³-hybridized carbons (Fsp3) is 0.389. The number of benzene rings is 1. The molecule has 5 heteroatoms. The zero-order chi connectivity index (χ0) is 16.8. The van der Waals surface area contributed by atoms with Crippen LogP contribution in [-0.2, 0) is 4.79 Å². The van der Waals surface area contributed by atoms with E-state index in [1.54, 1.807) is 18.0 Å². The van der Waals surface area contributed by atoms with Gasteiger partial charge in [-0.05, 0) is 51.7 Å².